The van der Waals surface area contributed by atoms with E-state index in [1.54, 1.807) is 14.2 Å². The van der Waals surface area contributed by atoms with E-state index >= 15 is 0 Å². The van der Waals surface area contributed by atoms with Gasteiger partial charge in [-0.25, -0.2) is 0 Å². The quantitative estimate of drug-likeness (QED) is 0.739. The van der Waals surface area contributed by atoms with Gasteiger partial charge in [-0.15, -0.1) is 0 Å². The third-order valence-electron chi connectivity index (χ3n) is 4.94. The Labute approximate surface area is 159 Å². The zero-order chi connectivity index (χ0) is 18.5. The van der Waals surface area contributed by atoms with Gasteiger partial charge in [0.2, 0.25) is 5.91 Å². The van der Waals surface area contributed by atoms with Crippen LogP contribution in [0.1, 0.15) is 36.4 Å². The first-order valence-corrected chi connectivity index (χ1v) is 9.26. The number of ether oxygens (including phenoxy) is 2. The minimum Gasteiger partial charge on any atom is -0.497 e. The van der Waals surface area contributed by atoms with Gasteiger partial charge in [0.25, 0.3) is 0 Å². The Kier molecular flexibility index (Phi) is 6.04. The van der Waals surface area contributed by atoms with Crippen LogP contribution in [-0.2, 0) is 11.2 Å². The van der Waals surface area contributed by atoms with E-state index in [1.165, 1.54) is 0 Å². The van der Waals surface area contributed by atoms with Crippen LogP contribution in [0, 0.1) is 0 Å². The minimum atomic E-state index is 0.0267. The van der Waals surface area contributed by atoms with Gasteiger partial charge in [0.15, 0.2) is 0 Å². The van der Waals surface area contributed by atoms with E-state index in [1.807, 2.05) is 47.4 Å². The second-order valence-electron chi connectivity index (χ2n) is 6.44. The third kappa shape index (κ3) is 3.96. The van der Waals surface area contributed by atoms with E-state index in [4.69, 9.17) is 21.1 Å². The van der Waals surface area contributed by atoms with Crippen LogP contribution in [0.5, 0.6) is 11.5 Å². The largest absolute Gasteiger partial charge is 0.497 e. The number of hydrogen-bond donors (Lipinski definition) is 0. The predicted octanol–water partition coefficient (Wildman–Crippen LogP) is 4.65. The van der Waals surface area contributed by atoms with Crippen LogP contribution in [0.3, 0.4) is 0 Å². The average Bonchev–Trinajstić information content (AvgIpc) is 3.16. The lowest BCUT2D eigenvalue weighted by molar-refractivity contribution is -0.132. The highest BCUT2D eigenvalue weighted by molar-refractivity contribution is 6.31. The molecule has 0 bridgehead atoms. The molecule has 1 fully saturated rings. The minimum absolute atomic E-state index is 0.0267. The standard InChI is InChI=1S/C21H24ClNO3/c1-25-16-10-11-20(26-2)17(14-16)19-8-5-13-23(19)21(24)12-9-15-6-3-4-7-18(15)22/h3-4,6-7,10-11,14,19H,5,8-9,12-13H2,1-2H3. The summed E-state index contributed by atoms with van der Waals surface area (Å²) in [5, 5.41) is 0.715. The number of carbonyl (C=O) groups excluding carboxylic acids is 1. The summed E-state index contributed by atoms with van der Waals surface area (Å²) in [6, 6.07) is 13.5. The number of carbonyl (C=O) groups is 1. The van der Waals surface area contributed by atoms with Gasteiger partial charge in [0, 0.05) is 23.6 Å². The van der Waals surface area contributed by atoms with Crippen molar-refractivity contribution in [3.8, 4) is 11.5 Å². The van der Waals surface area contributed by atoms with Crippen molar-refractivity contribution < 1.29 is 14.3 Å². The molecule has 2 aromatic rings. The number of methoxy groups -OCH3 is 2. The van der Waals surface area contributed by atoms with Crippen molar-refractivity contribution in [2.75, 3.05) is 20.8 Å². The predicted molar refractivity (Wildman–Crippen MR) is 103 cm³/mol. The fourth-order valence-corrected chi connectivity index (χ4v) is 3.80. The molecule has 1 aliphatic heterocycles. The summed E-state index contributed by atoms with van der Waals surface area (Å²) < 4.78 is 10.9. The van der Waals surface area contributed by atoms with Crippen molar-refractivity contribution in [1.29, 1.82) is 0 Å². The summed E-state index contributed by atoms with van der Waals surface area (Å²) >= 11 is 6.21. The van der Waals surface area contributed by atoms with Crippen molar-refractivity contribution in [2.24, 2.45) is 0 Å². The second-order valence-corrected chi connectivity index (χ2v) is 6.85. The normalized spacial score (nSPS) is 16.6. The Bertz CT molecular complexity index is 778. The molecule has 0 radical (unpaired) electrons. The van der Waals surface area contributed by atoms with Crippen molar-refractivity contribution in [3.63, 3.8) is 0 Å². The summed E-state index contributed by atoms with van der Waals surface area (Å²) in [7, 11) is 3.30. The molecule has 1 saturated heterocycles. The van der Waals surface area contributed by atoms with Gasteiger partial charge in [0.05, 0.1) is 20.3 Å². The van der Waals surface area contributed by atoms with Crippen molar-refractivity contribution in [2.45, 2.75) is 31.7 Å². The van der Waals surface area contributed by atoms with Gasteiger partial charge in [-0.1, -0.05) is 29.8 Å². The number of aryl methyl sites for hydroxylation is 1. The highest BCUT2D eigenvalue weighted by Crippen LogP contribution is 2.39. The summed E-state index contributed by atoms with van der Waals surface area (Å²) in [5.74, 6) is 1.72. The van der Waals surface area contributed by atoms with Crippen LogP contribution >= 0.6 is 11.6 Å². The molecular formula is C21H24ClNO3. The van der Waals surface area contributed by atoms with Gasteiger partial charge in [-0.05, 0) is 49.1 Å². The molecule has 5 heteroatoms. The third-order valence-corrected chi connectivity index (χ3v) is 5.30. The number of benzene rings is 2. The summed E-state index contributed by atoms with van der Waals surface area (Å²) in [6.07, 6.45) is 3.02. The summed E-state index contributed by atoms with van der Waals surface area (Å²) in [4.78, 5) is 14.8. The van der Waals surface area contributed by atoms with Crippen LogP contribution in [0.25, 0.3) is 0 Å². The molecule has 0 aliphatic carbocycles. The molecule has 3 rings (SSSR count). The van der Waals surface area contributed by atoms with Gasteiger partial charge < -0.3 is 14.4 Å². The molecule has 1 atom stereocenters. The Morgan fingerprint density at radius 3 is 2.73 bits per heavy atom. The van der Waals surface area contributed by atoms with E-state index in [0.717, 1.165) is 42.0 Å². The second kappa shape index (κ2) is 8.45. The van der Waals surface area contributed by atoms with Crippen molar-refractivity contribution >= 4 is 17.5 Å². The molecular weight excluding hydrogens is 350 g/mol. The van der Waals surface area contributed by atoms with Gasteiger partial charge in [-0.2, -0.15) is 0 Å². The van der Waals surface area contributed by atoms with Crippen LogP contribution in [0.15, 0.2) is 42.5 Å². The van der Waals surface area contributed by atoms with Crippen molar-refractivity contribution in [3.05, 3.63) is 58.6 Å². The van der Waals surface area contributed by atoms with Crippen molar-refractivity contribution in [1.82, 2.24) is 4.90 Å². The lowest BCUT2D eigenvalue weighted by Crippen LogP contribution is -2.31. The Morgan fingerprint density at radius 2 is 2.00 bits per heavy atom. The van der Waals surface area contributed by atoms with Gasteiger partial charge in [0.1, 0.15) is 11.5 Å². The maximum absolute atomic E-state index is 12.9. The van der Waals surface area contributed by atoms with Crippen LogP contribution in [-0.4, -0.2) is 31.6 Å². The first-order chi connectivity index (χ1) is 12.6. The highest BCUT2D eigenvalue weighted by Gasteiger charge is 2.31. The van der Waals surface area contributed by atoms with Crippen LogP contribution in [0.2, 0.25) is 5.02 Å². The lowest BCUT2D eigenvalue weighted by Gasteiger charge is -2.27. The van der Waals surface area contributed by atoms with E-state index in [9.17, 15) is 4.79 Å². The topological polar surface area (TPSA) is 38.8 Å². The Balaban J connectivity index is 1.75. The molecule has 0 spiro atoms. The molecule has 4 nitrogen and oxygen atoms in total. The maximum atomic E-state index is 12.9. The zero-order valence-electron chi connectivity index (χ0n) is 15.2. The van der Waals surface area contributed by atoms with Gasteiger partial charge >= 0.3 is 0 Å². The highest BCUT2D eigenvalue weighted by atomic mass is 35.5. The summed E-state index contributed by atoms with van der Waals surface area (Å²) in [6.45, 7) is 0.770. The molecule has 0 saturated carbocycles. The molecule has 138 valence electrons. The molecule has 1 unspecified atom stereocenters. The first-order valence-electron chi connectivity index (χ1n) is 8.89. The molecule has 1 aliphatic rings. The molecule has 0 N–H and O–H groups in total. The van der Waals surface area contributed by atoms with E-state index < -0.39 is 0 Å². The summed E-state index contributed by atoms with van der Waals surface area (Å²) in [5.41, 5.74) is 2.02. The van der Waals surface area contributed by atoms with Crippen LogP contribution in [0.4, 0.5) is 0 Å². The SMILES string of the molecule is COc1ccc(OC)c(C2CCCN2C(=O)CCc2ccccc2Cl)c1. The van der Waals surface area contributed by atoms with E-state index in [-0.39, 0.29) is 11.9 Å². The molecule has 0 aromatic heterocycles. The average molecular weight is 374 g/mol. The molecule has 1 amide bonds. The molecule has 2 aromatic carbocycles. The monoisotopic (exact) mass is 373 g/mol. The number of halogens is 1. The van der Waals surface area contributed by atoms with E-state index in [0.29, 0.717) is 17.9 Å². The zero-order valence-corrected chi connectivity index (χ0v) is 16.0. The molecule has 26 heavy (non-hydrogen) atoms. The fraction of sp³-hybridized carbons (Fsp3) is 0.381. The Morgan fingerprint density at radius 1 is 1.19 bits per heavy atom. The maximum Gasteiger partial charge on any atom is 0.223 e. The van der Waals surface area contributed by atoms with Crippen LogP contribution < -0.4 is 9.47 Å². The number of amides is 1. The fourth-order valence-electron chi connectivity index (χ4n) is 3.57. The first kappa shape index (κ1) is 18.6. The number of likely N-dealkylation sites (tertiary alicyclic amines) is 1. The smallest absolute Gasteiger partial charge is 0.223 e. The number of hydrogen-bond acceptors (Lipinski definition) is 3. The molecule has 1 heterocycles. The Hall–Kier alpha value is -2.20. The number of rotatable bonds is 6. The lowest BCUT2D eigenvalue weighted by atomic mass is 10.0. The van der Waals surface area contributed by atoms with E-state index in [2.05, 4.69) is 0 Å². The number of nitrogens with zero attached hydrogens (tertiary/aromatic N) is 1. The van der Waals surface area contributed by atoms with Gasteiger partial charge in [-0.3, -0.25) is 4.79 Å².